The lowest BCUT2D eigenvalue weighted by Crippen LogP contribution is -2.39. The van der Waals surface area contributed by atoms with Gasteiger partial charge in [-0.15, -0.1) is 11.8 Å². The van der Waals surface area contributed by atoms with Crippen LogP contribution in [-0.2, 0) is 9.53 Å². The van der Waals surface area contributed by atoms with Crippen LogP contribution in [0.3, 0.4) is 0 Å². The van der Waals surface area contributed by atoms with Gasteiger partial charge in [-0.25, -0.2) is 0 Å². The number of thioether (sulfide) groups is 1. The molecular weight excluding hydrogens is 200 g/mol. The first-order valence-corrected chi connectivity index (χ1v) is 5.98. The molecule has 1 N–H and O–H groups in total. The third kappa shape index (κ3) is 2.23. The van der Waals surface area contributed by atoms with Crippen LogP contribution in [0.5, 0.6) is 0 Å². The Morgan fingerprint density at radius 2 is 2.43 bits per heavy atom. The van der Waals surface area contributed by atoms with Crippen molar-refractivity contribution in [1.82, 2.24) is 0 Å². The van der Waals surface area contributed by atoms with Crippen LogP contribution in [0.1, 0.15) is 26.2 Å². The second-order valence-corrected chi connectivity index (χ2v) is 5.25. The third-order valence-electron chi connectivity index (χ3n) is 2.97. The van der Waals surface area contributed by atoms with Crippen LogP contribution in [0, 0.1) is 5.92 Å². The van der Waals surface area contributed by atoms with Crippen LogP contribution in [0.4, 0.5) is 0 Å². The maximum absolute atomic E-state index is 11.3. The van der Waals surface area contributed by atoms with Gasteiger partial charge in [-0.05, 0) is 30.9 Å². The van der Waals surface area contributed by atoms with Gasteiger partial charge < -0.3 is 9.84 Å². The van der Waals surface area contributed by atoms with Crippen LogP contribution in [0.15, 0.2) is 0 Å². The Kier molecular flexibility index (Phi) is 4.26. The number of aliphatic carboxylic acids is 1. The summed E-state index contributed by atoms with van der Waals surface area (Å²) in [5, 5.41) is 9.27. The summed E-state index contributed by atoms with van der Waals surface area (Å²) in [4.78, 5) is 11.3. The molecule has 0 radical (unpaired) electrons. The highest BCUT2D eigenvalue weighted by molar-refractivity contribution is 8.01. The third-order valence-corrected chi connectivity index (χ3v) is 4.75. The molecule has 14 heavy (non-hydrogen) atoms. The maximum atomic E-state index is 11.3. The van der Waals surface area contributed by atoms with Crippen molar-refractivity contribution in [3.05, 3.63) is 0 Å². The predicted molar refractivity (Wildman–Crippen MR) is 57.7 cm³/mol. The SMILES string of the molecule is COCCC(C)C1(C(=O)O)CCCS1. The zero-order valence-electron chi connectivity index (χ0n) is 8.78. The Hall–Kier alpha value is -0.220. The van der Waals surface area contributed by atoms with Gasteiger partial charge in [0.05, 0.1) is 0 Å². The van der Waals surface area contributed by atoms with Crippen molar-refractivity contribution in [2.75, 3.05) is 19.5 Å². The molecule has 1 aliphatic rings. The van der Waals surface area contributed by atoms with E-state index in [9.17, 15) is 9.90 Å². The van der Waals surface area contributed by atoms with E-state index >= 15 is 0 Å². The number of hydrogen-bond donors (Lipinski definition) is 1. The van der Waals surface area contributed by atoms with Crippen LogP contribution >= 0.6 is 11.8 Å². The summed E-state index contributed by atoms with van der Waals surface area (Å²) in [7, 11) is 1.65. The molecule has 0 saturated carbocycles. The van der Waals surface area contributed by atoms with Gasteiger partial charge in [0.25, 0.3) is 0 Å². The number of carbonyl (C=O) groups is 1. The molecular formula is C10H18O3S. The van der Waals surface area contributed by atoms with Crippen LogP contribution in [0.25, 0.3) is 0 Å². The van der Waals surface area contributed by atoms with Crippen LogP contribution < -0.4 is 0 Å². The number of carboxylic acid groups (broad SMARTS) is 1. The predicted octanol–water partition coefficient (Wildman–Crippen LogP) is 2.01. The van der Waals surface area contributed by atoms with Gasteiger partial charge in [-0.3, -0.25) is 4.79 Å². The van der Waals surface area contributed by atoms with E-state index < -0.39 is 10.7 Å². The second kappa shape index (κ2) is 5.03. The van der Waals surface area contributed by atoms with E-state index in [1.165, 1.54) is 0 Å². The summed E-state index contributed by atoms with van der Waals surface area (Å²) in [6, 6.07) is 0. The first-order chi connectivity index (χ1) is 6.63. The molecule has 82 valence electrons. The lowest BCUT2D eigenvalue weighted by atomic mass is 9.87. The van der Waals surface area contributed by atoms with Crippen molar-refractivity contribution in [2.24, 2.45) is 5.92 Å². The molecule has 2 atom stereocenters. The Morgan fingerprint density at radius 3 is 2.86 bits per heavy atom. The van der Waals surface area contributed by atoms with E-state index in [0.29, 0.717) is 6.61 Å². The van der Waals surface area contributed by atoms with Crippen LogP contribution in [-0.4, -0.2) is 35.3 Å². The Bertz CT molecular complexity index is 200. The first kappa shape index (κ1) is 11.9. The standard InChI is InChI=1S/C10H18O3S/c1-8(4-6-13-2)10(9(11)12)5-3-7-14-10/h8H,3-7H2,1-2H3,(H,11,12). The lowest BCUT2D eigenvalue weighted by Gasteiger charge is -2.29. The average Bonchev–Trinajstić information content (AvgIpc) is 2.63. The molecule has 1 rings (SSSR count). The van der Waals surface area contributed by atoms with Crippen molar-refractivity contribution in [2.45, 2.75) is 30.9 Å². The molecule has 0 aromatic rings. The highest BCUT2D eigenvalue weighted by atomic mass is 32.2. The van der Waals surface area contributed by atoms with Gasteiger partial charge in [0, 0.05) is 13.7 Å². The molecule has 2 unspecified atom stereocenters. The highest BCUT2D eigenvalue weighted by Gasteiger charge is 2.46. The van der Waals surface area contributed by atoms with Gasteiger partial charge in [-0.2, -0.15) is 0 Å². The molecule has 0 spiro atoms. The Balaban J connectivity index is 2.62. The molecule has 0 bridgehead atoms. The number of carboxylic acids is 1. The van der Waals surface area contributed by atoms with Gasteiger partial charge >= 0.3 is 5.97 Å². The highest BCUT2D eigenvalue weighted by Crippen LogP contribution is 2.45. The summed E-state index contributed by atoms with van der Waals surface area (Å²) >= 11 is 1.60. The number of rotatable bonds is 5. The van der Waals surface area contributed by atoms with E-state index in [1.54, 1.807) is 18.9 Å². The average molecular weight is 218 g/mol. The normalized spacial score (nSPS) is 29.0. The minimum atomic E-state index is -0.649. The van der Waals surface area contributed by atoms with E-state index in [-0.39, 0.29) is 5.92 Å². The van der Waals surface area contributed by atoms with Crippen molar-refractivity contribution in [1.29, 1.82) is 0 Å². The molecule has 1 saturated heterocycles. The molecule has 3 nitrogen and oxygen atoms in total. The zero-order valence-corrected chi connectivity index (χ0v) is 9.60. The second-order valence-electron chi connectivity index (χ2n) is 3.83. The summed E-state index contributed by atoms with van der Waals surface area (Å²) in [5.41, 5.74) is 0. The molecule has 1 fully saturated rings. The summed E-state index contributed by atoms with van der Waals surface area (Å²) in [6.07, 6.45) is 2.65. The number of hydrogen-bond acceptors (Lipinski definition) is 3. The fourth-order valence-corrected chi connectivity index (χ4v) is 3.42. The molecule has 0 amide bonds. The van der Waals surface area contributed by atoms with Gasteiger partial charge in [0.2, 0.25) is 0 Å². The Morgan fingerprint density at radius 1 is 1.71 bits per heavy atom. The molecule has 0 aliphatic carbocycles. The van der Waals surface area contributed by atoms with E-state index in [1.807, 2.05) is 6.92 Å². The van der Waals surface area contributed by atoms with Crippen LogP contribution in [0.2, 0.25) is 0 Å². The fraction of sp³-hybridized carbons (Fsp3) is 0.900. The van der Waals surface area contributed by atoms with Gasteiger partial charge in [0.15, 0.2) is 0 Å². The maximum Gasteiger partial charge on any atom is 0.320 e. The minimum Gasteiger partial charge on any atom is -0.480 e. The quantitative estimate of drug-likeness (QED) is 0.766. The zero-order chi connectivity index (χ0) is 10.6. The lowest BCUT2D eigenvalue weighted by molar-refractivity contribution is -0.141. The van der Waals surface area contributed by atoms with E-state index in [4.69, 9.17) is 4.74 Å². The molecule has 0 aromatic carbocycles. The Labute approximate surface area is 89.2 Å². The minimum absolute atomic E-state index is 0.187. The smallest absolute Gasteiger partial charge is 0.320 e. The molecule has 0 aromatic heterocycles. The summed E-state index contributed by atoms with van der Waals surface area (Å²) in [5.74, 6) is 0.514. The molecule has 1 aliphatic heterocycles. The van der Waals surface area contributed by atoms with Gasteiger partial charge in [0.1, 0.15) is 4.75 Å². The van der Waals surface area contributed by atoms with Crippen molar-refractivity contribution in [3.63, 3.8) is 0 Å². The van der Waals surface area contributed by atoms with Gasteiger partial charge in [-0.1, -0.05) is 6.92 Å². The van der Waals surface area contributed by atoms with Crippen molar-refractivity contribution < 1.29 is 14.6 Å². The van der Waals surface area contributed by atoms with E-state index in [0.717, 1.165) is 25.0 Å². The molecule has 1 heterocycles. The topological polar surface area (TPSA) is 46.5 Å². The monoisotopic (exact) mass is 218 g/mol. The largest absolute Gasteiger partial charge is 0.480 e. The molecule has 4 heteroatoms. The summed E-state index contributed by atoms with van der Waals surface area (Å²) < 4.78 is 4.45. The van der Waals surface area contributed by atoms with Crippen molar-refractivity contribution >= 4 is 17.7 Å². The summed E-state index contributed by atoms with van der Waals surface area (Å²) in [6.45, 7) is 2.67. The van der Waals surface area contributed by atoms with E-state index in [2.05, 4.69) is 0 Å². The number of ether oxygens (including phenoxy) is 1. The fourth-order valence-electron chi connectivity index (χ4n) is 1.96. The van der Waals surface area contributed by atoms with Crippen molar-refractivity contribution in [3.8, 4) is 0 Å². The number of methoxy groups -OCH3 is 1. The first-order valence-electron chi connectivity index (χ1n) is 5.00.